The average molecular weight is 428 g/mol. The Bertz CT molecular complexity index is 896. The Morgan fingerprint density at radius 2 is 1.65 bits per heavy atom. The summed E-state index contributed by atoms with van der Waals surface area (Å²) in [6.45, 7) is 3.38. The van der Waals surface area contributed by atoms with Gasteiger partial charge in [-0.15, -0.1) is 0 Å². The highest BCUT2D eigenvalue weighted by atomic mass is 16.5. The largest absolute Gasteiger partial charge is 0.497 e. The van der Waals surface area contributed by atoms with Crippen LogP contribution >= 0.6 is 0 Å². The first-order valence-electron chi connectivity index (χ1n) is 10.3. The number of methoxy groups -OCH3 is 2. The maximum Gasteiger partial charge on any atom is 0.308 e. The summed E-state index contributed by atoms with van der Waals surface area (Å²) in [5.74, 6) is -0.616. The van der Waals surface area contributed by atoms with Crippen LogP contribution < -0.4 is 19.7 Å². The fourth-order valence-electron chi connectivity index (χ4n) is 3.67. The molecule has 0 spiro atoms. The van der Waals surface area contributed by atoms with Crippen molar-refractivity contribution in [1.82, 2.24) is 4.90 Å². The zero-order chi connectivity index (χ0) is 22.2. The first-order chi connectivity index (χ1) is 15.0. The third kappa shape index (κ3) is 6.36. The summed E-state index contributed by atoms with van der Waals surface area (Å²) in [5.41, 5.74) is 1.67. The molecule has 1 aliphatic heterocycles. The fraction of sp³-hybridized carbons (Fsp3) is 0.391. The van der Waals surface area contributed by atoms with Gasteiger partial charge in [0.25, 0.3) is 0 Å². The molecule has 2 aromatic carbocycles. The van der Waals surface area contributed by atoms with E-state index in [-0.39, 0.29) is 12.3 Å². The number of rotatable bonds is 9. The molecule has 2 aromatic rings. The Morgan fingerprint density at radius 3 is 2.29 bits per heavy atom. The lowest BCUT2D eigenvalue weighted by molar-refractivity contribution is -0.144. The Hall–Kier alpha value is -3.26. The number of anilines is 2. The van der Waals surface area contributed by atoms with E-state index >= 15 is 0 Å². The lowest BCUT2D eigenvalue weighted by Crippen LogP contribution is -2.48. The second-order valence-corrected chi connectivity index (χ2v) is 7.51. The van der Waals surface area contributed by atoms with E-state index in [4.69, 9.17) is 9.47 Å². The molecular formula is C23H29N3O5. The van der Waals surface area contributed by atoms with E-state index in [1.807, 2.05) is 24.3 Å². The minimum atomic E-state index is -0.962. The summed E-state index contributed by atoms with van der Waals surface area (Å²) in [6, 6.07) is 14.9. The number of carboxylic acids is 1. The summed E-state index contributed by atoms with van der Waals surface area (Å²) < 4.78 is 10.4. The number of carbonyl (C=O) groups is 2. The third-order valence-electron chi connectivity index (χ3n) is 5.40. The SMILES string of the molecule is COc1cccc(NC(=O)C[C@@H](CN2CCN(c3cccc(OC)c3)CC2)C(=O)O)c1. The van der Waals surface area contributed by atoms with Gasteiger partial charge < -0.3 is 24.8 Å². The number of nitrogens with zero attached hydrogens (tertiary/aromatic N) is 2. The first kappa shape index (κ1) is 22.4. The number of benzene rings is 2. The van der Waals surface area contributed by atoms with Gasteiger partial charge in [0.05, 0.1) is 20.1 Å². The van der Waals surface area contributed by atoms with E-state index in [0.29, 0.717) is 18.0 Å². The molecule has 0 saturated carbocycles. The highest BCUT2D eigenvalue weighted by Gasteiger charge is 2.26. The maximum absolute atomic E-state index is 12.4. The Balaban J connectivity index is 1.52. The molecule has 0 radical (unpaired) electrons. The molecular weight excluding hydrogens is 398 g/mol. The number of carboxylic acid groups (broad SMARTS) is 1. The van der Waals surface area contributed by atoms with Crippen LogP contribution in [-0.4, -0.2) is 68.8 Å². The van der Waals surface area contributed by atoms with Crippen LogP contribution in [0.4, 0.5) is 11.4 Å². The van der Waals surface area contributed by atoms with Crippen molar-refractivity contribution in [2.45, 2.75) is 6.42 Å². The van der Waals surface area contributed by atoms with Gasteiger partial charge in [0.15, 0.2) is 0 Å². The van der Waals surface area contributed by atoms with Crippen molar-refractivity contribution in [3.8, 4) is 11.5 Å². The molecule has 1 atom stereocenters. The molecule has 8 heteroatoms. The summed E-state index contributed by atoms with van der Waals surface area (Å²) >= 11 is 0. The molecule has 166 valence electrons. The molecule has 0 bridgehead atoms. The number of amides is 1. The minimum Gasteiger partial charge on any atom is -0.497 e. The molecule has 0 aromatic heterocycles. The summed E-state index contributed by atoms with van der Waals surface area (Å²) in [5, 5.41) is 12.4. The van der Waals surface area contributed by atoms with Crippen molar-refractivity contribution in [1.29, 1.82) is 0 Å². The topological polar surface area (TPSA) is 91.3 Å². The zero-order valence-corrected chi connectivity index (χ0v) is 17.9. The second kappa shape index (κ2) is 10.7. The van der Waals surface area contributed by atoms with Crippen molar-refractivity contribution in [3.63, 3.8) is 0 Å². The van der Waals surface area contributed by atoms with Crippen LogP contribution in [0.2, 0.25) is 0 Å². The zero-order valence-electron chi connectivity index (χ0n) is 17.9. The van der Waals surface area contributed by atoms with E-state index in [1.54, 1.807) is 38.5 Å². The van der Waals surface area contributed by atoms with E-state index in [1.165, 1.54) is 0 Å². The summed E-state index contributed by atoms with van der Waals surface area (Å²) in [7, 11) is 3.20. The third-order valence-corrected chi connectivity index (χ3v) is 5.40. The Morgan fingerprint density at radius 1 is 1.00 bits per heavy atom. The highest BCUT2D eigenvalue weighted by Crippen LogP contribution is 2.23. The standard InChI is InChI=1S/C23H29N3O5/c1-30-20-7-3-5-18(14-20)24-22(27)13-17(23(28)29)16-25-9-11-26(12-10-25)19-6-4-8-21(15-19)31-2/h3-8,14-15,17H,9-13,16H2,1-2H3,(H,24,27)(H,28,29)/t17-/m0/s1. The molecule has 1 heterocycles. The van der Waals surface area contributed by atoms with E-state index < -0.39 is 11.9 Å². The van der Waals surface area contributed by atoms with Crippen molar-refractivity contribution < 1.29 is 24.2 Å². The molecule has 8 nitrogen and oxygen atoms in total. The lowest BCUT2D eigenvalue weighted by atomic mass is 10.0. The van der Waals surface area contributed by atoms with Gasteiger partial charge in [-0.3, -0.25) is 14.5 Å². The van der Waals surface area contributed by atoms with Crippen LogP contribution in [0, 0.1) is 5.92 Å². The Labute approximate surface area is 182 Å². The summed E-state index contributed by atoms with van der Waals surface area (Å²) in [4.78, 5) is 28.5. The van der Waals surface area contributed by atoms with Crippen molar-refractivity contribution in [3.05, 3.63) is 48.5 Å². The predicted octanol–water partition coefficient (Wildman–Crippen LogP) is 2.56. The first-order valence-corrected chi connectivity index (χ1v) is 10.3. The monoisotopic (exact) mass is 427 g/mol. The van der Waals surface area contributed by atoms with Gasteiger partial charge in [0.2, 0.25) is 5.91 Å². The van der Waals surface area contributed by atoms with E-state index in [0.717, 1.165) is 37.6 Å². The number of hydrogen-bond acceptors (Lipinski definition) is 6. The van der Waals surface area contributed by atoms with E-state index in [2.05, 4.69) is 15.1 Å². The number of aliphatic carboxylic acids is 1. The molecule has 1 saturated heterocycles. The van der Waals surface area contributed by atoms with Crippen LogP contribution in [0.15, 0.2) is 48.5 Å². The van der Waals surface area contributed by atoms with Crippen LogP contribution in [0.3, 0.4) is 0 Å². The summed E-state index contributed by atoms with van der Waals surface area (Å²) in [6.07, 6.45) is -0.0807. The van der Waals surface area contributed by atoms with Gasteiger partial charge in [-0.2, -0.15) is 0 Å². The van der Waals surface area contributed by atoms with Crippen molar-refractivity contribution in [2.75, 3.05) is 57.2 Å². The maximum atomic E-state index is 12.4. The van der Waals surface area contributed by atoms with Crippen molar-refractivity contribution >= 4 is 23.3 Å². The number of nitrogens with one attached hydrogen (secondary N) is 1. The van der Waals surface area contributed by atoms with Gasteiger partial charge in [-0.1, -0.05) is 12.1 Å². The number of piperazine rings is 1. The average Bonchev–Trinajstić information content (AvgIpc) is 2.79. The lowest BCUT2D eigenvalue weighted by Gasteiger charge is -2.37. The number of hydrogen-bond donors (Lipinski definition) is 2. The number of carbonyl (C=O) groups excluding carboxylic acids is 1. The molecule has 1 aliphatic rings. The van der Waals surface area contributed by atoms with Gasteiger partial charge in [0.1, 0.15) is 11.5 Å². The molecule has 3 rings (SSSR count). The normalized spacial score (nSPS) is 15.2. The Kier molecular flexibility index (Phi) is 7.72. The quantitative estimate of drug-likeness (QED) is 0.635. The van der Waals surface area contributed by atoms with E-state index in [9.17, 15) is 14.7 Å². The van der Waals surface area contributed by atoms with Crippen LogP contribution in [0.1, 0.15) is 6.42 Å². The molecule has 31 heavy (non-hydrogen) atoms. The fourth-order valence-corrected chi connectivity index (χ4v) is 3.67. The molecule has 1 fully saturated rings. The van der Waals surface area contributed by atoms with Crippen LogP contribution in [-0.2, 0) is 9.59 Å². The smallest absolute Gasteiger partial charge is 0.308 e. The minimum absolute atomic E-state index is 0.0807. The van der Waals surface area contributed by atoms with Gasteiger partial charge in [-0.25, -0.2) is 0 Å². The molecule has 0 unspecified atom stereocenters. The number of ether oxygens (including phenoxy) is 2. The van der Waals surface area contributed by atoms with Gasteiger partial charge in [-0.05, 0) is 24.3 Å². The molecule has 2 N–H and O–H groups in total. The van der Waals surface area contributed by atoms with Crippen LogP contribution in [0.25, 0.3) is 0 Å². The van der Waals surface area contributed by atoms with Crippen LogP contribution in [0.5, 0.6) is 11.5 Å². The molecule has 0 aliphatic carbocycles. The van der Waals surface area contributed by atoms with Gasteiger partial charge in [0, 0.05) is 62.7 Å². The second-order valence-electron chi connectivity index (χ2n) is 7.51. The molecule has 1 amide bonds. The highest BCUT2D eigenvalue weighted by molar-refractivity contribution is 5.93. The predicted molar refractivity (Wildman–Crippen MR) is 119 cm³/mol. The van der Waals surface area contributed by atoms with Crippen molar-refractivity contribution in [2.24, 2.45) is 5.92 Å². The van der Waals surface area contributed by atoms with Gasteiger partial charge >= 0.3 is 5.97 Å².